The summed E-state index contributed by atoms with van der Waals surface area (Å²) in [5, 5.41) is 3.14. The summed E-state index contributed by atoms with van der Waals surface area (Å²) < 4.78 is 9.62. The van der Waals surface area contributed by atoms with Crippen LogP contribution in [0.5, 0.6) is 0 Å². The van der Waals surface area contributed by atoms with Crippen LogP contribution in [0.15, 0.2) is 24.3 Å². The van der Waals surface area contributed by atoms with Gasteiger partial charge in [-0.3, -0.25) is 0 Å². The number of nitrogens with two attached hydrogens (primary N) is 1. The Labute approximate surface area is 101 Å². The molecule has 0 saturated carbocycles. The van der Waals surface area contributed by atoms with Gasteiger partial charge in [0, 0.05) is 20.2 Å². The molecule has 0 aromatic heterocycles. The van der Waals surface area contributed by atoms with Gasteiger partial charge in [0.1, 0.15) is 6.61 Å². The molecule has 0 aliphatic rings. The first-order valence-corrected chi connectivity index (χ1v) is 5.42. The second-order valence-corrected chi connectivity index (χ2v) is 3.59. The van der Waals surface area contributed by atoms with Crippen LogP contribution in [0.4, 0.5) is 4.79 Å². The molecule has 0 atom stereocenters. The summed E-state index contributed by atoms with van der Waals surface area (Å²) in [6, 6.07) is 8.13. The zero-order valence-corrected chi connectivity index (χ0v) is 9.94. The Balaban J connectivity index is 2.20. The van der Waals surface area contributed by atoms with Crippen LogP contribution in [0, 0.1) is 0 Å². The SMILES string of the molecule is COCc1ccc(CNCCOC(N)=O)cc1. The van der Waals surface area contributed by atoms with E-state index in [0.717, 1.165) is 12.1 Å². The van der Waals surface area contributed by atoms with Crippen molar-refractivity contribution in [3.8, 4) is 0 Å². The van der Waals surface area contributed by atoms with Crippen LogP contribution in [0.1, 0.15) is 11.1 Å². The summed E-state index contributed by atoms with van der Waals surface area (Å²) in [4.78, 5) is 10.3. The van der Waals surface area contributed by atoms with E-state index >= 15 is 0 Å². The fourth-order valence-electron chi connectivity index (χ4n) is 1.38. The van der Waals surface area contributed by atoms with Crippen molar-refractivity contribution in [1.82, 2.24) is 5.32 Å². The van der Waals surface area contributed by atoms with Gasteiger partial charge >= 0.3 is 6.09 Å². The molecule has 5 nitrogen and oxygen atoms in total. The molecule has 1 rings (SSSR count). The molecule has 1 aromatic carbocycles. The molecule has 0 saturated heterocycles. The van der Waals surface area contributed by atoms with E-state index in [1.54, 1.807) is 7.11 Å². The molecule has 0 unspecified atom stereocenters. The van der Waals surface area contributed by atoms with E-state index in [1.807, 2.05) is 24.3 Å². The molecule has 0 radical (unpaired) electrons. The van der Waals surface area contributed by atoms with Crippen molar-refractivity contribution >= 4 is 6.09 Å². The molecule has 1 aromatic rings. The predicted molar refractivity (Wildman–Crippen MR) is 64.4 cm³/mol. The van der Waals surface area contributed by atoms with Crippen LogP contribution in [0.2, 0.25) is 0 Å². The fraction of sp³-hybridized carbons (Fsp3) is 0.417. The van der Waals surface area contributed by atoms with Gasteiger partial charge in [-0.1, -0.05) is 24.3 Å². The molecular weight excluding hydrogens is 220 g/mol. The zero-order chi connectivity index (χ0) is 12.5. The van der Waals surface area contributed by atoms with Crippen LogP contribution in [0.3, 0.4) is 0 Å². The minimum atomic E-state index is -0.740. The number of amides is 1. The van der Waals surface area contributed by atoms with Gasteiger partial charge < -0.3 is 20.5 Å². The summed E-state index contributed by atoms with van der Waals surface area (Å²) in [5.41, 5.74) is 7.15. The molecule has 0 aliphatic carbocycles. The summed E-state index contributed by atoms with van der Waals surface area (Å²) >= 11 is 0. The number of primary amides is 1. The number of carbonyl (C=O) groups excluding carboxylic acids is 1. The first kappa shape index (κ1) is 13.5. The molecule has 0 heterocycles. The third kappa shape index (κ3) is 5.89. The molecule has 0 fully saturated rings. The number of carbonyl (C=O) groups is 1. The van der Waals surface area contributed by atoms with E-state index in [9.17, 15) is 4.79 Å². The molecule has 0 aliphatic heterocycles. The lowest BCUT2D eigenvalue weighted by Crippen LogP contribution is -2.23. The number of ether oxygens (including phenoxy) is 2. The maximum absolute atomic E-state index is 10.3. The Morgan fingerprint density at radius 2 is 1.94 bits per heavy atom. The lowest BCUT2D eigenvalue weighted by molar-refractivity contribution is 0.157. The van der Waals surface area contributed by atoms with E-state index in [-0.39, 0.29) is 6.61 Å². The summed E-state index contributed by atoms with van der Waals surface area (Å²) in [5.74, 6) is 0. The normalized spacial score (nSPS) is 10.2. The van der Waals surface area contributed by atoms with E-state index < -0.39 is 6.09 Å². The Morgan fingerprint density at radius 3 is 2.53 bits per heavy atom. The van der Waals surface area contributed by atoms with Crippen molar-refractivity contribution in [3.63, 3.8) is 0 Å². The van der Waals surface area contributed by atoms with Gasteiger partial charge in [-0.15, -0.1) is 0 Å². The molecular formula is C12H18N2O3. The number of nitrogens with one attached hydrogen (secondary N) is 1. The highest BCUT2D eigenvalue weighted by Gasteiger charge is 1.96. The monoisotopic (exact) mass is 238 g/mol. The Morgan fingerprint density at radius 1 is 1.29 bits per heavy atom. The van der Waals surface area contributed by atoms with Crippen molar-refractivity contribution < 1.29 is 14.3 Å². The topological polar surface area (TPSA) is 73.6 Å². The number of rotatable bonds is 7. The molecule has 17 heavy (non-hydrogen) atoms. The first-order valence-electron chi connectivity index (χ1n) is 5.42. The van der Waals surface area contributed by atoms with E-state index in [0.29, 0.717) is 13.2 Å². The van der Waals surface area contributed by atoms with Gasteiger partial charge in [0.15, 0.2) is 0 Å². The molecule has 0 spiro atoms. The number of methoxy groups -OCH3 is 1. The quantitative estimate of drug-likeness (QED) is 0.695. The van der Waals surface area contributed by atoms with Gasteiger partial charge in [0.25, 0.3) is 0 Å². The van der Waals surface area contributed by atoms with Crippen molar-refractivity contribution in [2.75, 3.05) is 20.3 Å². The average Bonchev–Trinajstić information content (AvgIpc) is 2.31. The van der Waals surface area contributed by atoms with Crippen LogP contribution < -0.4 is 11.1 Å². The third-order valence-electron chi connectivity index (χ3n) is 2.19. The minimum absolute atomic E-state index is 0.289. The van der Waals surface area contributed by atoms with Crippen LogP contribution in [-0.4, -0.2) is 26.4 Å². The number of hydrogen-bond donors (Lipinski definition) is 2. The second-order valence-electron chi connectivity index (χ2n) is 3.59. The highest BCUT2D eigenvalue weighted by Crippen LogP contribution is 2.04. The predicted octanol–water partition coefficient (Wildman–Crippen LogP) is 1.02. The number of benzene rings is 1. The van der Waals surface area contributed by atoms with Crippen LogP contribution in [-0.2, 0) is 22.6 Å². The second kappa shape index (κ2) is 7.65. The first-order chi connectivity index (χ1) is 8.22. The molecule has 1 amide bonds. The average molecular weight is 238 g/mol. The third-order valence-corrected chi connectivity index (χ3v) is 2.19. The van der Waals surface area contributed by atoms with Crippen LogP contribution >= 0.6 is 0 Å². The smallest absolute Gasteiger partial charge is 0.404 e. The Hall–Kier alpha value is -1.59. The summed E-state index contributed by atoms with van der Waals surface area (Å²) in [7, 11) is 1.67. The standard InChI is InChI=1S/C12H18N2O3/c1-16-9-11-4-2-10(3-5-11)8-14-6-7-17-12(13)15/h2-5,14H,6-9H2,1H3,(H2,13,15). The van der Waals surface area contributed by atoms with Gasteiger partial charge in [0.2, 0.25) is 0 Å². The minimum Gasteiger partial charge on any atom is -0.448 e. The lowest BCUT2D eigenvalue weighted by atomic mass is 10.1. The molecule has 94 valence electrons. The number of hydrogen-bond acceptors (Lipinski definition) is 4. The van der Waals surface area contributed by atoms with Crippen LogP contribution in [0.25, 0.3) is 0 Å². The molecule has 3 N–H and O–H groups in total. The lowest BCUT2D eigenvalue weighted by Gasteiger charge is -2.06. The van der Waals surface area contributed by atoms with Gasteiger partial charge in [-0.2, -0.15) is 0 Å². The largest absolute Gasteiger partial charge is 0.448 e. The fourth-order valence-corrected chi connectivity index (χ4v) is 1.38. The maximum atomic E-state index is 10.3. The maximum Gasteiger partial charge on any atom is 0.404 e. The van der Waals surface area contributed by atoms with Crippen molar-refractivity contribution in [3.05, 3.63) is 35.4 Å². The summed E-state index contributed by atoms with van der Waals surface area (Å²) in [6.45, 7) is 2.23. The molecule has 0 bridgehead atoms. The van der Waals surface area contributed by atoms with Crippen molar-refractivity contribution in [1.29, 1.82) is 0 Å². The van der Waals surface area contributed by atoms with Gasteiger partial charge in [0.05, 0.1) is 6.61 Å². The van der Waals surface area contributed by atoms with E-state index in [1.165, 1.54) is 5.56 Å². The zero-order valence-electron chi connectivity index (χ0n) is 9.94. The van der Waals surface area contributed by atoms with Gasteiger partial charge in [-0.25, -0.2) is 4.79 Å². The van der Waals surface area contributed by atoms with E-state index in [2.05, 4.69) is 10.1 Å². The highest BCUT2D eigenvalue weighted by molar-refractivity contribution is 5.64. The van der Waals surface area contributed by atoms with Gasteiger partial charge in [-0.05, 0) is 11.1 Å². The van der Waals surface area contributed by atoms with Crippen molar-refractivity contribution in [2.45, 2.75) is 13.2 Å². The Bertz CT molecular complexity index is 338. The molecule has 5 heteroatoms. The summed E-state index contributed by atoms with van der Waals surface area (Å²) in [6.07, 6.45) is -0.740. The Kier molecular flexibility index (Phi) is 6.06. The van der Waals surface area contributed by atoms with Crippen molar-refractivity contribution in [2.24, 2.45) is 5.73 Å². The van der Waals surface area contributed by atoms with E-state index in [4.69, 9.17) is 10.5 Å². The highest BCUT2D eigenvalue weighted by atomic mass is 16.5.